The van der Waals surface area contributed by atoms with Crippen LogP contribution in [0.5, 0.6) is 0 Å². The second-order valence-corrected chi connectivity index (χ2v) is 4.85. The molecule has 1 amide bonds. The highest BCUT2D eigenvalue weighted by atomic mass is 19.4. The molecule has 3 unspecified atom stereocenters. The second kappa shape index (κ2) is 6.41. The molecule has 6 heteroatoms. The number of aliphatic hydroxyl groups is 1. The van der Waals surface area contributed by atoms with Crippen molar-refractivity contribution in [1.82, 2.24) is 5.32 Å². The summed E-state index contributed by atoms with van der Waals surface area (Å²) < 4.78 is 38.4. The lowest BCUT2D eigenvalue weighted by molar-refractivity contribution is -0.198. The van der Waals surface area contributed by atoms with Crippen LogP contribution in [-0.2, 0) is 4.79 Å². The van der Waals surface area contributed by atoms with Crippen LogP contribution in [0.2, 0.25) is 0 Å². The van der Waals surface area contributed by atoms with Gasteiger partial charge in [-0.1, -0.05) is 19.8 Å². The summed E-state index contributed by atoms with van der Waals surface area (Å²) in [5.74, 6) is -3.11. The Labute approximate surface area is 105 Å². The SMILES string of the molecule is CCC(O)CNC(=O)C1CCCCC1C(F)(F)F. The van der Waals surface area contributed by atoms with E-state index in [0.717, 1.165) is 0 Å². The van der Waals surface area contributed by atoms with Crippen molar-refractivity contribution in [3.63, 3.8) is 0 Å². The van der Waals surface area contributed by atoms with Crippen molar-refractivity contribution in [2.45, 2.75) is 51.3 Å². The van der Waals surface area contributed by atoms with E-state index in [1.807, 2.05) is 0 Å². The van der Waals surface area contributed by atoms with E-state index in [0.29, 0.717) is 19.3 Å². The van der Waals surface area contributed by atoms with E-state index in [2.05, 4.69) is 5.32 Å². The summed E-state index contributed by atoms with van der Waals surface area (Å²) in [4.78, 5) is 11.8. The quantitative estimate of drug-likeness (QED) is 0.820. The van der Waals surface area contributed by atoms with E-state index in [4.69, 9.17) is 0 Å². The van der Waals surface area contributed by atoms with Gasteiger partial charge < -0.3 is 10.4 Å². The lowest BCUT2D eigenvalue weighted by Gasteiger charge is -2.32. The zero-order chi connectivity index (χ0) is 13.8. The van der Waals surface area contributed by atoms with Crippen molar-refractivity contribution in [2.75, 3.05) is 6.54 Å². The Hall–Kier alpha value is -0.780. The molecule has 1 aliphatic rings. The molecular formula is C12H20F3NO2. The van der Waals surface area contributed by atoms with Gasteiger partial charge in [-0.2, -0.15) is 13.2 Å². The minimum absolute atomic E-state index is 0.0242. The molecule has 0 bridgehead atoms. The number of alkyl halides is 3. The molecule has 3 nitrogen and oxygen atoms in total. The number of carbonyl (C=O) groups excluding carboxylic acids is 1. The van der Waals surface area contributed by atoms with Crippen molar-refractivity contribution in [3.8, 4) is 0 Å². The summed E-state index contributed by atoms with van der Waals surface area (Å²) in [5, 5.41) is 11.7. The predicted octanol–water partition coefficient (Wildman–Crippen LogP) is 2.24. The Balaban J connectivity index is 2.58. The summed E-state index contributed by atoms with van der Waals surface area (Å²) in [7, 11) is 0. The standard InChI is InChI=1S/C12H20F3NO2/c1-2-8(17)7-16-11(18)9-5-3-4-6-10(9)12(13,14)15/h8-10,17H,2-7H2,1H3,(H,16,18). The molecule has 0 aromatic rings. The van der Waals surface area contributed by atoms with Gasteiger partial charge in [0.25, 0.3) is 0 Å². The Kier molecular flexibility index (Phi) is 5.44. The second-order valence-electron chi connectivity index (χ2n) is 4.85. The molecule has 2 N–H and O–H groups in total. The Bertz CT molecular complexity index is 281. The Morgan fingerprint density at radius 2 is 2.00 bits per heavy atom. The third kappa shape index (κ3) is 4.15. The van der Waals surface area contributed by atoms with Crippen LogP contribution in [0, 0.1) is 11.8 Å². The van der Waals surface area contributed by atoms with Gasteiger partial charge in [0.15, 0.2) is 0 Å². The maximum Gasteiger partial charge on any atom is 0.392 e. The number of hydrogen-bond donors (Lipinski definition) is 2. The highest BCUT2D eigenvalue weighted by molar-refractivity contribution is 5.79. The van der Waals surface area contributed by atoms with Gasteiger partial charge >= 0.3 is 6.18 Å². The number of aliphatic hydroxyl groups excluding tert-OH is 1. The average molecular weight is 267 g/mol. The van der Waals surface area contributed by atoms with Crippen molar-refractivity contribution < 1.29 is 23.1 Å². The Morgan fingerprint density at radius 1 is 1.39 bits per heavy atom. The van der Waals surface area contributed by atoms with Crippen molar-refractivity contribution in [3.05, 3.63) is 0 Å². The average Bonchev–Trinajstić information content (AvgIpc) is 2.34. The fraction of sp³-hybridized carbons (Fsp3) is 0.917. The summed E-state index contributed by atoms with van der Waals surface area (Å²) in [6, 6.07) is 0. The van der Waals surface area contributed by atoms with Gasteiger partial charge in [0.05, 0.1) is 12.0 Å². The van der Waals surface area contributed by atoms with E-state index in [-0.39, 0.29) is 19.4 Å². The smallest absolute Gasteiger partial charge is 0.391 e. The number of rotatable bonds is 4. The van der Waals surface area contributed by atoms with E-state index >= 15 is 0 Å². The van der Waals surface area contributed by atoms with Crippen LogP contribution in [0.15, 0.2) is 0 Å². The minimum atomic E-state index is -4.31. The zero-order valence-corrected chi connectivity index (χ0v) is 10.5. The lowest BCUT2D eigenvalue weighted by atomic mass is 9.78. The van der Waals surface area contributed by atoms with Gasteiger partial charge in [-0.3, -0.25) is 4.79 Å². The summed E-state index contributed by atoms with van der Waals surface area (Å²) in [6.07, 6.45) is -3.07. The van der Waals surface area contributed by atoms with Crippen LogP contribution < -0.4 is 5.32 Å². The molecule has 0 saturated heterocycles. The normalized spacial score (nSPS) is 26.7. The topological polar surface area (TPSA) is 49.3 Å². The first-order valence-electron chi connectivity index (χ1n) is 6.38. The predicted molar refractivity (Wildman–Crippen MR) is 60.8 cm³/mol. The minimum Gasteiger partial charge on any atom is -0.391 e. The van der Waals surface area contributed by atoms with Gasteiger partial charge in [-0.15, -0.1) is 0 Å². The van der Waals surface area contributed by atoms with Crippen LogP contribution in [0.3, 0.4) is 0 Å². The van der Waals surface area contributed by atoms with Gasteiger partial charge in [-0.05, 0) is 19.3 Å². The number of carbonyl (C=O) groups is 1. The molecule has 1 fully saturated rings. The van der Waals surface area contributed by atoms with Gasteiger partial charge in [-0.25, -0.2) is 0 Å². The van der Waals surface area contributed by atoms with Crippen molar-refractivity contribution in [2.24, 2.45) is 11.8 Å². The van der Waals surface area contributed by atoms with Crippen LogP contribution in [0.4, 0.5) is 13.2 Å². The highest BCUT2D eigenvalue weighted by Gasteiger charge is 2.47. The summed E-state index contributed by atoms with van der Waals surface area (Å²) >= 11 is 0. The fourth-order valence-corrected chi connectivity index (χ4v) is 2.33. The number of hydrogen-bond acceptors (Lipinski definition) is 2. The molecule has 0 aromatic heterocycles. The van der Waals surface area contributed by atoms with Crippen LogP contribution in [0.25, 0.3) is 0 Å². The fourth-order valence-electron chi connectivity index (χ4n) is 2.33. The molecular weight excluding hydrogens is 247 g/mol. The lowest BCUT2D eigenvalue weighted by Crippen LogP contribution is -2.44. The third-order valence-corrected chi connectivity index (χ3v) is 3.51. The molecule has 0 spiro atoms. The van der Waals surface area contributed by atoms with Crippen molar-refractivity contribution >= 4 is 5.91 Å². The molecule has 0 radical (unpaired) electrons. The van der Waals surface area contributed by atoms with Gasteiger partial charge in [0.1, 0.15) is 0 Å². The molecule has 1 aliphatic carbocycles. The first-order valence-corrected chi connectivity index (χ1v) is 6.38. The maximum atomic E-state index is 12.8. The van der Waals surface area contributed by atoms with Crippen molar-refractivity contribution in [1.29, 1.82) is 0 Å². The van der Waals surface area contributed by atoms with E-state index in [1.165, 1.54) is 0 Å². The molecule has 0 heterocycles. The zero-order valence-electron chi connectivity index (χ0n) is 10.5. The van der Waals surface area contributed by atoms with Gasteiger partial charge in [0, 0.05) is 12.5 Å². The number of halogens is 3. The van der Waals surface area contributed by atoms with E-state index < -0.39 is 30.0 Å². The Morgan fingerprint density at radius 3 is 2.56 bits per heavy atom. The largest absolute Gasteiger partial charge is 0.392 e. The first kappa shape index (κ1) is 15.3. The maximum absolute atomic E-state index is 12.8. The molecule has 3 atom stereocenters. The number of nitrogens with one attached hydrogen (secondary N) is 1. The molecule has 1 saturated carbocycles. The summed E-state index contributed by atoms with van der Waals surface area (Å²) in [5.41, 5.74) is 0. The first-order chi connectivity index (χ1) is 8.36. The van der Waals surface area contributed by atoms with Gasteiger partial charge in [0.2, 0.25) is 5.91 Å². The van der Waals surface area contributed by atoms with Crippen LogP contribution in [-0.4, -0.2) is 29.8 Å². The van der Waals surface area contributed by atoms with Crippen LogP contribution in [0.1, 0.15) is 39.0 Å². The van der Waals surface area contributed by atoms with E-state index in [9.17, 15) is 23.1 Å². The molecule has 1 rings (SSSR count). The number of amides is 1. The molecule has 18 heavy (non-hydrogen) atoms. The van der Waals surface area contributed by atoms with Crippen LogP contribution >= 0.6 is 0 Å². The molecule has 0 aliphatic heterocycles. The third-order valence-electron chi connectivity index (χ3n) is 3.51. The monoisotopic (exact) mass is 267 g/mol. The molecule has 0 aromatic carbocycles. The van der Waals surface area contributed by atoms with E-state index in [1.54, 1.807) is 6.92 Å². The highest BCUT2D eigenvalue weighted by Crippen LogP contribution is 2.41. The molecule has 106 valence electrons. The summed E-state index contributed by atoms with van der Waals surface area (Å²) in [6.45, 7) is 1.77.